The zero-order valence-electron chi connectivity index (χ0n) is 14.6. The first kappa shape index (κ1) is 17.7. The van der Waals surface area contributed by atoms with Gasteiger partial charge in [0.25, 0.3) is 5.91 Å². The summed E-state index contributed by atoms with van der Waals surface area (Å²) in [6, 6.07) is 10.7. The highest BCUT2D eigenvalue weighted by atomic mass is 32.1. The fourth-order valence-electron chi connectivity index (χ4n) is 2.50. The lowest BCUT2D eigenvalue weighted by Gasteiger charge is -2.12. The number of ether oxygens (including phenoxy) is 1. The maximum Gasteiger partial charge on any atom is 0.274 e. The van der Waals surface area contributed by atoms with Gasteiger partial charge >= 0.3 is 0 Å². The van der Waals surface area contributed by atoms with E-state index in [0.29, 0.717) is 22.8 Å². The molecule has 0 atom stereocenters. The number of aryl methyl sites for hydroxylation is 1. The quantitative estimate of drug-likeness (QED) is 0.721. The fraction of sp³-hybridized carbons (Fsp3) is 0.167. The van der Waals surface area contributed by atoms with Crippen molar-refractivity contribution in [1.29, 1.82) is 0 Å². The van der Waals surface area contributed by atoms with Crippen molar-refractivity contribution >= 4 is 34.5 Å². The van der Waals surface area contributed by atoms with Gasteiger partial charge < -0.3 is 15.4 Å². The standard InChI is InChI=1S/C18H18N4O3S/c1-11(23)19-12-6-7-16(25-3)13(9-12)20-18(24)15-10-14(21-22(15)2)17-5-4-8-26-17/h4-10H,1-3H3,(H,19,23)(H,20,24). The molecule has 2 heterocycles. The number of carbonyl (C=O) groups is 2. The van der Waals surface area contributed by atoms with E-state index in [1.165, 1.54) is 18.7 Å². The highest BCUT2D eigenvalue weighted by Gasteiger charge is 2.17. The van der Waals surface area contributed by atoms with Crippen LogP contribution in [0.1, 0.15) is 17.4 Å². The van der Waals surface area contributed by atoms with E-state index in [4.69, 9.17) is 4.74 Å². The minimum Gasteiger partial charge on any atom is -0.495 e. The van der Waals surface area contributed by atoms with Crippen LogP contribution in [-0.4, -0.2) is 28.7 Å². The lowest BCUT2D eigenvalue weighted by molar-refractivity contribution is -0.114. The van der Waals surface area contributed by atoms with Crippen molar-refractivity contribution in [3.63, 3.8) is 0 Å². The molecule has 7 nitrogen and oxygen atoms in total. The summed E-state index contributed by atoms with van der Waals surface area (Å²) in [5, 5.41) is 11.9. The number of hydrogen-bond acceptors (Lipinski definition) is 5. The molecule has 0 radical (unpaired) electrons. The molecule has 0 spiro atoms. The summed E-state index contributed by atoms with van der Waals surface area (Å²) in [5.41, 5.74) is 2.19. The zero-order chi connectivity index (χ0) is 18.7. The molecule has 2 amide bonds. The molecule has 1 aromatic carbocycles. The number of amides is 2. The Bertz CT molecular complexity index is 948. The molecular weight excluding hydrogens is 352 g/mol. The maximum absolute atomic E-state index is 12.7. The number of methoxy groups -OCH3 is 1. The number of hydrogen-bond donors (Lipinski definition) is 2. The van der Waals surface area contributed by atoms with Crippen LogP contribution in [0.25, 0.3) is 10.6 Å². The van der Waals surface area contributed by atoms with E-state index >= 15 is 0 Å². The second-order valence-electron chi connectivity index (χ2n) is 5.57. The first-order chi connectivity index (χ1) is 12.5. The van der Waals surface area contributed by atoms with E-state index in [0.717, 1.165) is 10.6 Å². The minimum absolute atomic E-state index is 0.195. The van der Waals surface area contributed by atoms with Crippen LogP contribution < -0.4 is 15.4 Å². The van der Waals surface area contributed by atoms with Crippen LogP contribution in [-0.2, 0) is 11.8 Å². The molecule has 134 valence electrons. The zero-order valence-corrected chi connectivity index (χ0v) is 15.4. The molecule has 26 heavy (non-hydrogen) atoms. The number of anilines is 2. The van der Waals surface area contributed by atoms with Crippen molar-refractivity contribution in [1.82, 2.24) is 9.78 Å². The Morgan fingerprint density at radius 1 is 1.19 bits per heavy atom. The van der Waals surface area contributed by atoms with E-state index in [2.05, 4.69) is 15.7 Å². The van der Waals surface area contributed by atoms with Crippen LogP contribution in [0, 0.1) is 0 Å². The van der Waals surface area contributed by atoms with Crippen molar-refractivity contribution in [2.45, 2.75) is 6.92 Å². The van der Waals surface area contributed by atoms with Crippen LogP contribution in [0.3, 0.4) is 0 Å². The largest absolute Gasteiger partial charge is 0.495 e. The Hall–Kier alpha value is -3.13. The summed E-state index contributed by atoms with van der Waals surface area (Å²) < 4.78 is 6.82. The fourth-order valence-corrected chi connectivity index (χ4v) is 3.18. The smallest absolute Gasteiger partial charge is 0.274 e. The minimum atomic E-state index is -0.318. The molecule has 0 fully saturated rings. The van der Waals surface area contributed by atoms with E-state index < -0.39 is 0 Å². The van der Waals surface area contributed by atoms with Gasteiger partial charge in [-0.2, -0.15) is 5.10 Å². The molecule has 2 N–H and O–H groups in total. The third-order valence-electron chi connectivity index (χ3n) is 3.65. The number of carbonyl (C=O) groups excluding carboxylic acids is 2. The number of rotatable bonds is 5. The van der Waals surface area contributed by atoms with E-state index in [9.17, 15) is 9.59 Å². The van der Waals surface area contributed by atoms with E-state index in [-0.39, 0.29) is 11.8 Å². The molecule has 0 aliphatic rings. The Balaban J connectivity index is 1.87. The van der Waals surface area contributed by atoms with Crippen molar-refractivity contribution in [2.75, 3.05) is 17.7 Å². The maximum atomic E-state index is 12.7. The number of thiophene rings is 1. The summed E-state index contributed by atoms with van der Waals surface area (Å²) in [5.74, 6) is -0.0196. The molecule has 2 aromatic heterocycles. The van der Waals surface area contributed by atoms with E-state index in [1.54, 1.807) is 42.6 Å². The number of aromatic nitrogens is 2. The SMILES string of the molecule is COc1ccc(NC(C)=O)cc1NC(=O)c1cc(-c2cccs2)nn1C. The average Bonchev–Trinajstić information content (AvgIpc) is 3.24. The molecule has 3 aromatic rings. The average molecular weight is 370 g/mol. The molecule has 8 heteroatoms. The van der Waals surface area contributed by atoms with Gasteiger partial charge in [0.2, 0.25) is 5.91 Å². The Kier molecular flexibility index (Phi) is 5.04. The molecule has 0 aliphatic heterocycles. The monoisotopic (exact) mass is 370 g/mol. The van der Waals surface area contributed by atoms with Gasteiger partial charge in [-0.25, -0.2) is 0 Å². The first-order valence-corrected chi connectivity index (χ1v) is 8.71. The van der Waals surface area contributed by atoms with Gasteiger partial charge in [-0.1, -0.05) is 6.07 Å². The molecule has 0 saturated heterocycles. The van der Waals surface area contributed by atoms with Crippen LogP contribution in [0.5, 0.6) is 5.75 Å². The van der Waals surface area contributed by atoms with Crippen LogP contribution in [0.2, 0.25) is 0 Å². The number of nitrogens with one attached hydrogen (secondary N) is 2. The van der Waals surface area contributed by atoms with Gasteiger partial charge in [-0.05, 0) is 35.7 Å². The van der Waals surface area contributed by atoms with Crippen molar-refractivity contribution in [3.05, 3.63) is 47.5 Å². The summed E-state index contributed by atoms with van der Waals surface area (Å²) in [4.78, 5) is 24.9. The third-order valence-corrected chi connectivity index (χ3v) is 4.55. The van der Waals surface area contributed by atoms with Gasteiger partial charge in [-0.15, -0.1) is 11.3 Å². The van der Waals surface area contributed by atoms with Gasteiger partial charge in [0, 0.05) is 19.7 Å². The van der Waals surface area contributed by atoms with Gasteiger partial charge in [0.1, 0.15) is 17.1 Å². The summed E-state index contributed by atoms with van der Waals surface area (Å²) in [7, 11) is 3.24. The van der Waals surface area contributed by atoms with Gasteiger partial charge in [-0.3, -0.25) is 14.3 Å². The Morgan fingerprint density at radius 3 is 2.65 bits per heavy atom. The normalized spacial score (nSPS) is 10.4. The lowest BCUT2D eigenvalue weighted by atomic mass is 10.2. The highest BCUT2D eigenvalue weighted by Crippen LogP contribution is 2.29. The first-order valence-electron chi connectivity index (χ1n) is 7.83. The molecule has 0 unspecified atom stereocenters. The summed E-state index contributed by atoms with van der Waals surface area (Å²) in [6.45, 7) is 1.42. The molecule has 0 saturated carbocycles. The van der Waals surface area contributed by atoms with Gasteiger partial charge in [0.15, 0.2) is 0 Å². The van der Waals surface area contributed by atoms with Crippen molar-refractivity contribution in [3.8, 4) is 16.3 Å². The summed E-state index contributed by atoms with van der Waals surface area (Å²) >= 11 is 1.56. The van der Waals surface area contributed by atoms with Crippen LogP contribution >= 0.6 is 11.3 Å². The molecular formula is C18H18N4O3S. The van der Waals surface area contributed by atoms with Gasteiger partial charge in [0.05, 0.1) is 17.7 Å². The molecule has 0 aliphatic carbocycles. The van der Waals surface area contributed by atoms with Crippen LogP contribution in [0.4, 0.5) is 11.4 Å². The topological polar surface area (TPSA) is 85.2 Å². The predicted octanol–water partition coefficient (Wildman–Crippen LogP) is 3.37. The number of benzene rings is 1. The number of nitrogens with zero attached hydrogens (tertiary/aromatic N) is 2. The lowest BCUT2D eigenvalue weighted by Crippen LogP contribution is -2.17. The Labute approximate surface area is 154 Å². The summed E-state index contributed by atoms with van der Waals surface area (Å²) in [6.07, 6.45) is 0. The van der Waals surface area contributed by atoms with Crippen molar-refractivity contribution < 1.29 is 14.3 Å². The molecule has 3 rings (SSSR count). The van der Waals surface area contributed by atoms with Crippen LogP contribution in [0.15, 0.2) is 41.8 Å². The van der Waals surface area contributed by atoms with E-state index in [1.807, 2.05) is 17.5 Å². The highest BCUT2D eigenvalue weighted by molar-refractivity contribution is 7.13. The third kappa shape index (κ3) is 3.75. The molecule has 0 bridgehead atoms. The second-order valence-corrected chi connectivity index (χ2v) is 6.51. The Morgan fingerprint density at radius 2 is 2.00 bits per heavy atom. The van der Waals surface area contributed by atoms with Crippen molar-refractivity contribution in [2.24, 2.45) is 7.05 Å². The second kappa shape index (κ2) is 7.40. The predicted molar refractivity (Wildman–Crippen MR) is 102 cm³/mol.